The van der Waals surface area contributed by atoms with Crippen molar-refractivity contribution in [1.82, 2.24) is 4.72 Å². The monoisotopic (exact) mass is 307 g/mol. The summed E-state index contributed by atoms with van der Waals surface area (Å²) in [6.45, 7) is 1.43. The number of rotatable bonds is 7. The van der Waals surface area contributed by atoms with Gasteiger partial charge in [0.05, 0.1) is 11.5 Å². The van der Waals surface area contributed by atoms with Gasteiger partial charge in [0.15, 0.2) is 0 Å². The maximum Gasteiger partial charge on any atom is 0.241 e. The van der Waals surface area contributed by atoms with Gasteiger partial charge in [-0.15, -0.1) is 0 Å². The van der Waals surface area contributed by atoms with Crippen molar-refractivity contribution in [3.05, 3.63) is 29.6 Å². The second-order valence-electron chi connectivity index (χ2n) is 4.09. The maximum absolute atomic E-state index is 13.2. The van der Waals surface area contributed by atoms with E-state index in [1.54, 1.807) is 0 Å². The number of benzene rings is 1. The first-order chi connectivity index (χ1) is 8.94. The van der Waals surface area contributed by atoms with Crippen molar-refractivity contribution in [2.45, 2.75) is 30.9 Å². The van der Waals surface area contributed by atoms with Crippen LogP contribution < -0.4 is 4.72 Å². The Morgan fingerprint density at radius 2 is 2.16 bits per heavy atom. The highest BCUT2D eigenvalue weighted by Gasteiger charge is 2.22. The number of hydrogen-bond donors (Lipinski definition) is 2. The summed E-state index contributed by atoms with van der Waals surface area (Å²) >= 11 is 1.53. The van der Waals surface area contributed by atoms with Crippen molar-refractivity contribution >= 4 is 21.8 Å². The predicted molar refractivity (Wildman–Crippen MR) is 75.1 cm³/mol. The standard InChI is InChI=1S/C12H18FNO3S2/c1-3-11(8-18-2)14-19(16,17)12-6-10(13)5-4-9(12)7-15/h4-6,11,14-15H,3,7-8H2,1-2H3. The number of hydrogen-bond acceptors (Lipinski definition) is 4. The van der Waals surface area contributed by atoms with Crippen molar-refractivity contribution in [2.75, 3.05) is 12.0 Å². The molecule has 1 aromatic rings. The summed E-state index contributed by atoms with van der Waals surface area (Å²) in [4.78, 5) is -0.199. The largest absolute Gasteiger partial charge is 0.392 e. The van der Waals surface area contributed by atoms with E-state index in [9.17, 15) is 12.8 Å². The van der Waals surface area contributed by atoms with Gasteiger partial charge in [0.1, 0.15) is 5.82 Å². The van der Waals surface area contributed by atoms with Crippen molar-refractivity contribution in [3.8, 4) is 0 Å². The van der Waals surface area contributed by atoms with Gasteiger partial charge in [0.25, 0.3) is 0 Å². The van der Waals surface area contributed by atoms with E-state index in [0.29, 0.717) is 12.2 Å². The van der Waals surface area contributed by atoms with Gasteiger partial charge in [-0.25, -0.2) is 17.5 Å². The first-order valence-corrected chi connectivity index (χ1v) is 8.72. The highest BCUT2D eigenvalue weighted by Crippen LogP contribution is 2.18. The van der Waals surface area contributed by atoms with E-state index in [0.717, 1.165) is 12.1 Å². The van der Waals surface area contributed by atoms with Crippen LogP contribution in [0.15, 0.2) is 23.1 Å². The first-order valence-electron chi connectivity index (χ1n) is 5.85. The van der Waals surface area contributed by atoms with Crippen LogP contribution in [0.1, 0.15) is 18.9 Å². The number of sulfonamides is 1. The molecule has 0 heterocycles. The Labute approximate surface area is 117 Å². The molecule has 1 unspecified atom stereocenters. The average molecular weight is 307 g/mol. The van der Waals surface area contributed by atoms with Crippen LogP contribution in [0.3, 0.4) is 0 Å². The molecule has 0 bridgehead atoms. The Morgan fingerprint density at radius 1 is 1.47 bits per heavy atom. The van der Waals surface area contributed by atoms with Crippen molar-refractivity contribution in [2.24, 2.45) is 0 Å². The molecule has 0 aliphatic carbocycles. The van der Waals surface area contributed by atoms with Crippen LogP contribution >= 0.6 is 11.8 Å². The molecule has 1 aromatic carbocycles. The van der Waals surface area contributed by atoms with Gasteiger partial charge < -0.3 is 5.11 Å². The molecule has 0 saturated heterocycles. The third-order valence-electron chi connectivity index (χ3n) is 2.67. The van der Waals surface area contributed by atoms with Crippen LogP contribution in [0.5, 0.6) is 0 Å². The van der Waals surface area contributed by atoms with Crippen LogP contribution in [0.4, 0.5) is 4.39 Å². The minimum Gasteiger partial charge on any atom is -0.392 e. The summed E-state index contributed by atoms with van der Waals surface area (Å²) in [5, 5.41) is 9.15. The fraction of sp³-hybridized carbons (Fsp3) is 0.500. The molecule has 108 valence electrons. The molecule has 0 spiro atoms. The van der Waals surface area contributed by atoms with E-state index in [-0.39, 0.29) is 16.5 Å². The van der Waals surface area contributed by atoms with E-state index in [4.69, 9.17) is 5.11 Å². The highest BCUT2D eigenvalue weighted by atomic mass is 32.2. The minimum absolute atomic E-state index is 0.188. The van der Waals surface area contributed by atoms with Crippen molar-refractivity contribution in [1.29, 1.82) is 0 Å². The second kappa shape index (κ2) is 7.23. The molecule has 0 saturated carbocycles. The average Bonchev–Trinajstić information content (AvgIpc) is 2.38. The summed E-state index contributed by atoms with van der Waals surface area (Å²) in [5.41, 5.74) is 0.188. The van der Waals surface area contributed by atoms with Gasteiger partial charge >= 0.3 is 0 Å². The van der Waals surface area contributed by atoms with Gasteiger partial charge in [-0.2, -0.15) is 11.8 Å². The number of halogens is 1. The molecular formula is C12H18FNO3S2. The molecule has 1 rings (SSSR count). The Bertz CT molecular complexity index is 520. The zero-order valence-corrected chi connectivity index (χ0v) is 12.5. The van der Waals surface area contributed by atoms with Crippen LogP contribution in [0.25, 0.3) is 0 Å². The molecule has 0 fully saturated rings. The second-order valence-corrected chi connectivity index (χ2v) is 6.69. The van der Waals surface area contributed by atoms with Crippen LogP contribution in [-0.4, -0.2) is 31.6 Å². The smallest absolute Gasteiger partial charge is 0.241 e. The summed E-state index contributed by atoms with van der Waals surface area (Å²) in [6, 6.07) is 3.12. The zero-order valence-electron chi connectivity index (χ0n) is 10.9. The summed E-state index contributed by atoms with van der Waals surface area (Å²) in [5.74, 6) is -0.00467. The fourth-order valence-corrected chi connectivity index (χ4v) is 4.02. The molecule has 0 aliphatic heterocycles. The molecule has 0 amide bonds. The quantitative estimate of drug-likeness (QED) is 0.805. The normalized spacial score (nSPS) is 13.5. The van der Waals surface area contributed by atoms with E-state index in [2.05, 4.69) is 4.72 Å². The topological polar surface area (TPSA) is 66.4 Å². The Kier molecular flexibility index (Phi) is 6.25. The molecule has 1 atom stereocenters. The van der Waals surface area contributed by atoms with E-state index in [1.165, 1.54) is 17.8 Å². The maximum atomic E-state index is 13.2. The molecule has 19 heavy (non-hydrogen) atoms. The zero-order chi connectivity index (χ0) is 14.5. The lowest BCUT2D eigenvalue weighted by Crippen LogP contribution is -2.36. The van der Waals surface area contributed by atoms with Gasteiger partial charge in [-0.05, 0) is 30.4 Å². The highest BCUT2D eigenvalue weighted by molar-refractivity contribution is 7.98. The van der Waals surface area contributed by atoms with E-state index < -0.39 is 22.4 Å². The lowest BCUT2D eigenvalue weighted by molar-refractivity contribution is 0.278. The van der Waals surface area contributed by atoms with Gasteiger partial charge in [0.2, 0.25) is 10.0 Å². The van der Waals surface area contributed by atoms with Gasteiger partial charge in [-0.3, -0.25) is 0 Å². The number of nitrogens with one attached hydrogen (secondary N) is 1. The molecule has 0 radical (unpaired) electrons. The Balaban J connectivity index is 3.09. The first kappa shape index (κ1) is 16.4. The molecule has 0 aliphatic rings. The Morgan fingerprint density at radius 3 is 2.68 bits per heavy atom. The van der Waals surface area contributed by atoms with Crippen molar-refractivity contribution < 1.29 is 17.9 Å². The fourth-order valence-electron chi connectivity index (χ4n) is 1.63. The number of aliphatic hydroxyl groups is 1. The lowest BCUT2D eigenvalue weighted by Gasteiger charge is -2.17. The van der Waals surface area contributed by atoms with Crippen LogP contribution in [-0.2, 0) is 16.6 Å². The van der Waals surface area contributed by atoms with E-state index >= 15 is 0 Å². The van der Waals surface area contributed by atoms with E-state index in [1.807, 2.05) is 13.2 Å². The number of aliphatic hydroxyl groups excluding tert-OH is 1. The molecule has 2 N–H and O–H groups in total. The Hall–Kier alpha value is -0.630. The molecule has 0 aromatic heterocycles. The SMILES string of the molecule is CCC(CSC)NS(=O)(=O)c1cc(F)ccc1CO. The third kappa shape index (κ3) is 4.45. The van der Waals surface area contributed by atoms with Gasteiger partial charge in [0, 0.05) is 11.8 Å². The predicted octanol–water partition coefficient (Wildman–Crippen LogP) is 1.74. The van der Waals surface area contributed by atoms with Gasteiger partial charge in [-0.1, -0.05) is 13.0 Å². The molecule has 7 heteroatoms. The summed E-state index contributed by atoms with van der Waals surface area (Å²) < 4.78 is 40.2. The summed E-state index contributed by atoms with van der Waals surface area (Å²) in [7, 11) is -3.82. The van der Waals surface area contributed by atoms with Crippen LogP contribution in [0, 0.1) is 5.82 Å². The third-order valence-corrected chi connectivity index (χ3v) is 5.01. The molecule has 4 nitrogen and oxygen atoms in total. The minimum atomic E-state index is -3.82. The lowest BCUT2D eigenvalue weighted by atomic mass is 10.2. The molecular weight excluding hydrogens is 289 g/mol. The summed E-state index contributed by atoms with van der Waals surface area (Å²) in [6.07, 6.45) is 2.53. The number of thioether (sulfide) groups is 1. The van der Waals surface area contributed by atoms with Crippen LogP contribution in [0.2, 0.25) is 0 Å². The van der Waals surface area contributed by atoms with Crippen molar-refractivity contribution in [3.63, 3.8) is 0 Å².